The summed E-state index contributed by atoms with van der Waals surface area (Å²) in [6.07, 6.45) is 7.68. The second-order valence-corrected chi connectivity index (χ2v) is 14.2. The average molecular weight is 661 g/mol. The van der Waals surface area contributed by atoms with Crippen molar-refractivity contribution in [3.8, 4) is 11.1 Å². The Morgan fingerprint density at radius 1 is 1.13 bits per heavy atom. The maximum atomic E-state index is 15.3. The Balaban J connectivity index is 1.30. The molecule has 1 unspecified atom stereocenters. The number of ether oxygens (including phenoxy) is 1. The van der Waals surface area contributed by atoms with Crippen molar-refractivity contribution in [2.75, 3.05) is 0 Å². The average Bonchev–Trinajstić information content (AvgIpc) is 3.54. The van der Waals surface area contributed by atoms with Gasteiger partial charge in [0.25, 0.3) is 5.56 Å². The summed E-state index contributed by atoms with van der Waals surface area (Å²) in [5, 5.41) is 15.6. The fraction of sp³-hybridized carbons (Fsp3) is 0.400. The summed E-state index contributed by atoms with van der Waals surface area (Å²) in [7, 11) is 1.64. The molecule has 12 heteroatoms. The summed E-state index contributed by atoms with van der Waals surface area (Å²) in [4.78, 5) is 34.3. The first kappa shape index (κ1) is 32.6. The molecule has 3 aromatic heterocycles. The molecule has 0 saturated heterocycles. The lowest BCUT2D eigenvalue weighted by Crippen LogP contribution is -2.27. The van der Waals surface area contributed by atoms with Gasteiger partial charge in [0.05, 0.1) is 23.1 Å². The van der Waals surface area contributed by atoms with E-state index in [-0.39, 0.29) is 34.8 Å². The predicted octanol–water partition coefficient (Wildman–Crippen LogP) is 6.51. The van der Waals surface area contributed by atoms with Crippen LogP contribution in [0, 0.1) is 5.82 Å². The van der Waals surface area contributed by atoms with Crippen LogP contribution in [0.15, 0.2) is 53.7 Å². The van der Waals surface area contributed by atoms with Gasteiger partial charge in [-0.1, -0.05) is 23.7 Å². The van der Waals surface area contributed by atoms with Crippen molar-refractivity contribution in [2.45, 2.75) is 84.0 Å². The normalized spacial score (nSPS) is 15.2. The molecule has 0 radical (unpaired) electrons. The number of nitrogens with zero attached hydrogens (tertiary/aromatic N) is 6. The van der Waals surface area contributed by atoms with Crippen molar-refractivity contribution in [3.05, 3.63) is 98.3 Å². The van der Waals surface area contributed by atoms with Crippen LogP contribution in [0.2, 0.25) is 5.02 Å². The minimum absolute atomic E-state index is 0.115. The highest BCUT2D eigenvalue weighted by Crippen LogP contribution is 2.35. The van der Waals surface area contributed by atoms with E-state index in [0.717, 1.165) is 41.6 Å². The molecule has 0 saturated carbocycles. The molecule has 246 valence electrons. The topological polar surface area (TPSA) is 117 Å². The molecule has 0 amide bonds. The number of carbonyl (C=O) groups excluding carboxylic acids is 1. The van der Waals surface area contributed by atoms with E-state index in [2.05, 4.69) is 15.1 Å². The van der Waals surface area contributed by atoms with Crippen molar-refractivity contribution in [1.29, 1.82) is 0 Å². The predicted molar refractivity (Wildman–Crippen MR) is 177 cm³/mol. The SMILES string of the molecule is Cn1c(=O)c2cc(F)c(-c3cnc(C(C)(C)O)nc3)cc2n1Cc1cc(CC2CCCc3cn(C(=O)OC(C)(C)C)nc32)ccc1Cl. The van der Waals surface area contributed by atoms with Crippen molar-refractivity contribution in [1.82, 2.24) is 29.1 Å². The van der Waals surface area contributed by atoms with Crippen molar-refractivity contribution in [3.63, 3.8) is 0 Å². The lowest BCUT2D eigenvalue weighted by Gasteiger charge is -2.21. The van der Waals surface area contributed by atoms with Gasteiger partial charge in [-0.25, -0.2) is 19.2 Å². The summed E-state index contributed by atoms with van der Waals surface area (Å²) < 4.78 is 25.4. The van der Waals surface area contributed by atoms with Crippen LogP contribution in [0.5, 0.6) is 0 Å². The zero-order valence-electron chi connectivity index (χ0n) is 27.3. The second-order valence-electron chi connectivity index (χ2n) is 13.8. The highest BCUT2D eigenvalue weighted by molar-refractivity contribution is 6.31. The van der Waals surface area contributed by atoms with Gasteiger partial charge in [0.2, 0.25) is 0 Å². The van der Waals surface area contributed by atoms with Crippen LogP contribution in [0.25, 0.3) is 22.0 Å². The lowest BCUT2D eigenvalue weighted by atomic mass is 9.84. The molecule has 1 N–H and O–H groups in total. The Kier molecular flexibility index (Phi) is 8.34. The number of carbonyl (C=O) groups is 1. The van der Waals surface area contributed by atoms with E-state index in [1.54, 1.807) is 37.8 Å². The molecule has 10 nitrogen and oxygen atoms in total. The number of hydrogen-bond donors (Lipinski definition) is 1. The first-order valence-corrected chi connectivity index (χ1v) is 16.0. The van der Waals surface area contributed by atoms with Gasteiger partial charge < -0.3 is 9.84 Å². The molecule has 1 aliphatic carbocycles. The molecule has 47 heavy (non-hydrogen) atoms. The summed E-state index contributed by atoms with van der Waals surface area (Å²) in [5.74, 6) is -0.244. The van der Waals surface area contributed by atoms with Crippen LogP contribution in [0.1, 0.15) is 81.6 Å². The van der Waals surface area contributed by atoms with Gasteiger partial charge in [0.15, 0.2) is 5.82 Å². The molecule has 0 fully saturated rings. The molecular formula is C35H38ClFN6O4. The highest BCUT2D eigenvalue weighted by atomic mass is 35.5. The minimum atomic E-state index is -1.24. The quantitative estimate of drug-likeness (QED) is 0.221. The van der Waals surface area contributed by atoms with Crippen LogP contribution in [-0.2, 0) is 36.8 Å². The Morgan fingerprint density at radius 2 is 1.85 bits per heavy atom. The summed E-state index contributed by atoms with van der Waals surface area (Å²) in [5.41, 5.74) is 2.81. The van der Waals surface area contributed by atoms with Gasteiger partial charge in [-0.3, -0.25) is 14.2 Å². The van der Waals surface area contributed by atoms with Crippen LogP contribution in [0.3, 0.4) is 0 Å². The molecule has 6 rings (SSSR count). The molecule has 5 aromatic rings. The molecule has 1 aliphatic rings. The van der Waals surface area contributed by atoms with Gasteiger partial charge >= 0.3 is 6.09 Å². The Hall–Kier alpha value is -4.35. The number of aryl methyl sites for hydroxylation is 1. The van der Waals surface area contributed by atoms with Gasteiger partial charge in [0.1, 0.15) is 17.0 Å². The van der Waals surface area contributed by atoms with Crippen LogP contribution < -0.4 is 5.56 Å². The first-order valence-electron chi connectivity index (χ1n) is 15.6. The fourth-order valence-electron chi connectivity index (χ4n) is 6.15. The number of rotatable bonds is 6. The van der Waals surface area contributed by atoms with Gasteiger partial charge in [-0.05, 0) is 95.2 Å². The number of aromatic nitrogens is 6. The third kappa shape index (κ3) is 6.59. The second kappa shape index (κ2) is 12.0. The van der Waals surface area contributed by atoms with Crippen molar-refractivity contribution in [2.24, 2.45) is 7.05 Å². The number of halogens is 2. The summed E-state index contributed by atoms with van der Waals surface area (Å²) in [6, 6.07) is 8.74. The summed E-state index contributed by atoms with van der Waals surface area (Å²) in [6.45, 7) is 8.90. The van der Waals surface area contributed by atoms with Gasteiger partial charge in [-0.2, -0.15) is 9.78 Å². The van der Waals surface area contributed by atoms with Gasteiger partial charge in [0, 0.05) is 47.7 Å². The van der Waals surface area contributed by atoms with E-state index in [9.17, 15) is 14.7 Å². The van der Waals surface area contributed by atoms with E-state index >= 15 is 4.39 Å². The number of hydrogen-bond acceptors (Lipinski definition) is 7. The zero-order valence-corrected chi connectivity index (χ0v) is 28.1. The van der Waals surface area contributed by atoms with E-state index in [0.29, 0.717) is 22.5 Å². The highest BCUT2D eigenvalue weighted by Gasteiger charge is 2.28. The number of benzene rings is 2. The molecule has 0 spiro atoms. The zero-order chi connectivity index (χ0) is 33.8. The molecular weight excluding hydrogens is 623 g/mol. The van der Waals surface area contributed by atoms with E-state index in [1.807, 2.05) is 39.0 Å². The van der Waals surface area contributed by atoms with Crippen molar-refractivity contribution >= 4 is 28.6 Å². The largest absolute Gasteiger partial charge is 0.442 e. The molecule has 0 aliphatic heterocycles. The maximum Gasteiger partial charge on any atom is 0.435 e. The molecule has 3 heterocycles. The Bertz CT molecular complexity index is 2050. The minimum Gasteiger partial charge on any atom is -0.442 e. The third-order valence-corrected chi connectivity index (χ3v) is 8.83. The Labute approximate surface area is 276 Å². The van der Waals surface area contributed by atoms with E-state index in [4.69, 9.17) is 16.3 Å². The first-order chi connectivity index (χ1) is 22.1. The molecule has 2 aromatic carbocycles. The van der Waals surface area contributed by atoms with E-state index in [1.165, 1.54) is 27.8 Å². The third-order valence-electron chi connectivity index (χ3n) is 8.46. The maximum absolute atomic E-state index is 15.3. The fourth-order valence-corrected chi connectivity index (χ4v) is 6.32. The summed E-state index contributed by atoms with van der Waals surface area (Å²) >= 11 is 6.71. The number of aliphatic hydroxyl groups is 1. The van der Waals surface area contributed by atoms with E-state index < -0.39 is 23.1 Å². The lowest BCUT2D eigenvalue weighted by molar-refractivity contribution is 0.0513. The van der Waals surface area contributed by atoms with Crippen LogP contribution in [0.4, 0.5) is 9.18 Å². The monoisotopic (exact) mass is 660 g/mol. The van der Waals surface area contributed by atoms with Gasteiger partial charge in [-0.15, -0.1) is 0 Å². The Morgan fingerprint density at radius 3 is 2.53 bits per heavy atom. The number of fused-ring (bicyclic) bond motifs is 2. The molecule has 0 bridgehead atoms. The standard InChI is InChI=1S/C35H38ClFN6O4/c1-34(2,3)47-33(45)42-18-22-9-7-8-21(30(22)40-42)12-20-10-11-27(36)23(13-20)19-43-29-15-25(28(37)14-26(29)31(44)41(43)6)24-16-38-32(39-17-24)35(4,5)46/h10-11,13-18,21,46H,7-9,12,19H2,1-6H3. The van der Waals surface area contributed by atoms with Crippen LogP contribution in [-0.4, -0.2) is 45.9 Å². The van der Waals surface area contributed by atoms with Crippen molar-refractivity contribution < 1.29 is 19.0 Å². The van der Waals surface area contributed by atoms with Crippen LogP contribution >= 0.6 is 11.6 Å². The molecule has 1 atom stereocenters. The smallest absolute Gasteiger partial charge is 0.435 e.